The van der Waals surface area contributed by atoms with Gasteiger partial charge in [0.1, 0.15) is 0 Å². The van der Waals surface area contributed by atoms with Crippen LogP contribution in [-0.4, -0.2) is 38.0 Å². The lowest BCUT2D eigenvalue weighted by Gasteiger charge is -2.17. The minimum absolute atomic E-state index is 0.131. The second kappa shape index (κ2) is 9.74. The zero-order valence-electron chi connectivity index (χ0n) is 12.6. The molecule has 6 N–H and O–H groups in total. The molecule has 8 nitrogen and oxygen atoms in total. The third kappa shape index (κ3) is 8.29. The van der Waals surface area contributed by atoms with Gasteiger partial charge >= 0.3 is 13.6 Å². The Bertz CT molecular complexity index is 469. The minimum Gasteiger partial charge on any atom is -0.481 e. The normalized spacial score (nSPS) is 14.4. The molecular formula is C13H24NO7P. The third-order valence-electron chi connectivity index (χ3n) is 3.22. The van der Waals surface area contributed by atoms with E-state index in [2.05, 4.69) is 0 Å². The van der Waals surface area contributed by atoms with E-state index in [0.29, 0.717) is 19.3 Å². The van der Waals surface area contributed by atoms with E-state index in [4.69, 9.17) is 10.8 Å². The van der Waals surface area contributed by atoms with E-state index in [1.54, 1.807) is 0 Å². The molecule has 0 spiro atoms. The van der Waals surface area contributed by atoms with E-state index in [1.807, 2.05) is 0 Å². The Kier molecular flexibility index (Phi) is 9.20. The number of aliphatic carboxylic acids is 1. The Labute approximate surface area is 129 Å². The summed E-state index contributed by atoms with van der Waals surface area (Å²) in [6.07, 6.45) is 2.02. The molecule has 0 aromatic carbocycles. The molecular weight excluding hydrogens is 313 g/mol. The van der Waals surface area contributed by atoms with Crippen LogP contribution < -0.4 is 5.73 Å². The first-order valence-electron chi connectivity index (χ1n) is 7.02. The standard InChI is InChI=1S/C13H24NO7P/c1-9(7-5-3-2-4-6-8-10(15)16)12(22(19,20)21)11(17)13(14)18/h11,17H,2-8H2,1H3,(H2,14,18)(H,15,16)(H2,19,20,21). The van der Waals surface area contributed by atoms with Crippen LogP contribution in [0.1, 0.15) is 51.9 Å². The number of carboxylic acids is 1. The quantitative estimate of drug-likeness (QED) is 0.279. The summed E-state index contributed by atoms with van der Waals surface area (Å²) in [6, 6.07) is 0. The van der Waals surface area contributed by atoms with Crippen molar-refractivity contribution in [3.8, 4) is 0 Å². The number of nitrogens with two attached hydrogens (primary N) is 1. The van der Waals surface area contributed by atoms with Crippen molar-refractivity contribution >= 4 is 19.5 Å². The Morgan fingerprint density at radius 3 is 1.91 bits per heavy atom. The summed E-state index contributed by atoms with van der Waals surface area (Å²) in [5.74, 6) is -2.03. The molecule has 0 aliphatic carbocycles. The van der Waals surface area contributed by atoms with Crippen molar-refractivity contribution in [3.63, 3.8) is 0 Å². The van der Waals surface area contributed by atoms with Crippen LogP contribution in [0.4, 0.5) is 0 Å². The number of carboxylic acid groups (broad SMARTS) is 1. The monoisotopic (exact) mass is 337 g/mol. The van der Waals surface area contributed by atoms with Crippen molar-refractivity contribution in [1.82, 2.24) is 0 Å². The number of carbonyl (C=O) groups excluding carboxylic acids is 1. The van der Waals surface area contributed by atoms with Gasteiger partial charge in [0.05, 0.1) is 5.31 Å². The topological polar surface area (TPSA) is 158 Å². The number of carbonyl (C=O) groups is 2. The molecule has 0 rings (SSSR count). The second-order valence-electron chi connectivity index (χ2n) is 5.18. The van der Waals surface area contributed by atoms with Crippen LogP contribution in [0.15, 0.2) is 10.9 Å². The Morgan fingerprint density at radius 2 is 1.50 bits per heavy atom. The minimum atomic E-state index is -4.76. The van der Waals surface area contributed by atoms with E-state index >= 15 is 0 Å². The molecule has 0 aliphatic rings. The molecule has 128 valence electrons. The summed E-state index contributed by atoms with van der Waals surface area (Å²) in [4.78, 5) is 39.7. The third-order valence-corrected chi connectivity index (χ3v) is 4.48. The van der Waals surface area contributed by atoms with E-state index in [9.17, 15) is 29.0 Å². The van der Waals surface area contributed by atoms with Crippen molar-refractivity contribution in [3.05, 3.63) is 10.9 Å². The van der Waals surface area contributed by atoms with Gasteiger partial charge in [-0.15, -0.1) is 0 Å². The van der Waals surface area contributed by atoms with Crippen LogP contribution in [0.2, 0.25) is 0 Å². The van der Waals surface area contributed by atoms with Gasteiger partial charge in [-0.3, -0.25) is 14.2 Å². The number of aliphatic hydroxyl groups excluding tert-OH is 1. The van der Waals surface area contributed by atoms with Crippen molar-refractivity contribution in [1.29, 1.82) is 0 Å². The molecule has 0 heterocycles. The number of hydrogen-bond acceptors (Lipinski definition) is 4. The summed E-state index contributed by atoms with van der Waals surface area (Å²) in [5.41, 5.74) is 5.15. The molecule has 22 heavy (non-hydrogen) atoms. The summed E-state index contributed by atoms with van der Waals surface area (Å²) >= 11 is 0. The highest BCUT2D eigenvalue weighted by atomic mass is 31.2. The van der Waals surface area contributed by atoms with E-state index in [0.717, 1.165) is 19.3 Å². The number of rotatable bonds is 11. The van der Waals surface area contributed by atoms with Gasteiger partial charge in [-0.05, 0) is 26.2 Å². The van der Waals surface area contributed by atoms with Gasteiger partial charge in [-0.1, -0.05) is 24.8 Å². The lowest BCUT2D eigenvalue weighted by molar-refractivity contribution is -0.137. The molecule has 0 aliphatic heterocycles. The fraction of sp³-hybridized carbons (Fsp3) is 0.692. The smallest absolute Gasteiger partial charge is 0.355 e. The average Bonchev–Trinajstić information content (AvgIpc) is 2.35. The number of hydrogen-bond donors (Lipinski definition) is 5. The van der Waals surface area contributed by atoms with Gasteiger partial charge < -0.3 is 25.7 Å². The van der Waals surface area contributed by atoms with Crippen LogP contribution in [0.3, 0.4) is 0 Å². The molecule has 0 saturated heterocycles. The lowest BCUT2D eigenvalue weighted by atomic mass is 10.0. The number of amides is 1. The van der Waals surface area contributed by atoms with Gasteiger partial charge in [0.2, 0.25) is 0 Å². The molecule has 0 saturated carbocycles. The molecule has 1 unspecified atom stereocenters. The van der Waals surface area contributed by atoms with Gasteiger partial charge in [-0.2, -0.15) is 0 Å². The molecule has 1 amide bonds. The average molecular weight is 337 g/mol. The zero-order chi connectivity index (χ0) is 17.3. The lowest BCUT2D eigenvalue weighted by Crippen LogP contribution is -2.30. The van der Waals surface area contributed by atoms with Crippen molar-refractivity contribution in [2.24, 2.45) is 5.73 Å². The molecule has 1 atom stereocenters. The summed E-state index contributed by atoms with van der Waals surface area (Å²) < 4.78 is 11.4. The van der Waals surface area contributed by atoms with Crippen LogP contribution in [0.5, 0.6) is 0 Å². The first-order chi connectivity index (χ1) is 10.1. The first kappa shape index (κ1) is 20.8. The first-order valence-corrected chi connectivity index (χ1v) is 8.63. The highest BCUT2D eigenvalue weighted by Gasteiger charge is 2.33. The van der Waals surface area contributed by atoms with Crippen LogP contribution in [0, 0.1) is 0 Å². The van der Waals surface area contributed by atoms with E-state index in [1.165, 1.54) is 6.92 Å². The number of aliphatic hydroxyl groups is 1. The maximum atomic E-state index is 11.4. The molecule has 0 aromatic rings. The number of primary amides is 1. The van der Waals surface area contributed by atoms with Crippen LogP contribution >= 0.6 is 7.60 Å². The predicted octanol–water partition coefficient (Wildman–Crippen LogP) is 1.10. The van der Waals surface area contributed by atoms with Gasteiger partial charge in [0, 0.05) is 6.42 Å². The van der Waals surface area contributed by atoms with E-state index < -0.39 is 30.9 Å². The SMILES string of the molecule is CC(CCCCCCCC(=O)O)=C(C(O)C(N)=O)P(=O)(O)O. The van der Waals surface area contributed by atoms with Crippen molar-refractivity contribution in [2.75, 3.05) is 0 Å². The summed E-state index contributed by atoms with van der Waals surface area (Å²) in [6.45, 7) is 1.45. The maximum Gasteiger partial charge on any atom is 0.355 e. The number of unbranched alkanes of at least 4 members (excludes halogenated alkanes) is 4. The van der Waals surface area contributed by atoms with Crippen molar-refractivity contribution < 1.29 is 34.2 Å². The fourth-order valence-corrected chi connectivity index (χ4v) is 3.16. The van der Waals surface area contributed by atoms with Gasteiger partial charge in [0.25, 0.3) is 5.91 Å². The zero-order valence-corrected chi connectivity index (χ0v) is 13.5. The van der Waals surface area contributed by atoms with Gasteiger partial charge in [-0.25, -0.2) is 0 Å². The second-order valence-corrected chi connectivity index (χ2v) is 6.75. The number of allylic oxidation sites excluding steroid dienone is 1. The highest BCUT2D eigenvalue weighted by molar-refractivity contribution is 7.56. The molecule has 0 bridgehead atoms. The molecule has 0 fully saturated rings. The van der Waals surface area contributed by atoms with Crippen molar-refractivity contribution in [2.45, 2.75) is 58.0 Å². The summed E-state index contributed by atoms with van der Waals surface area (Å²) in [5, 5.41) is 17.4. The van der Waals surface area contributed by atoms with E-state index in [-0.39, 0.29) is 12.0 Å². The highest BCUT2D eigenvalue weighted by Crippen LogP contribution is 2.49. The molecule has 0 radical (unpaired) electrons. The predicted molar refractivity (Wildman–Crippen MR) is 79.9 cm³/mol. The van der Waals surface area contributed by atoms with Gasteiger partial charge in [0.15, 0.2) is 6.10 Å². The molecule has 9 heteroatoms. The fourth-order valence-electron chi connectivity index (χ4n) is 2.10. The molecule has 0 aromatic heterocycles. The largest absolute Gasteiger partial charge is 0.481 e. The van der Waals surface area contributed by atoms with Crippen LogP contribution in [-0.2, 0) is 14.2 Å². The Hall–Kier alpha value is -1.21. The Morgan fingerprint density at radius 1 is 1.05 bits per heavy atom. The summed E-state index contributed by atoms with van der Waals surface area (Å²) in [7, 11) is -4.76. The Balaban J connectivity index is 4.44. The van der Waals surface area contributed by atoms with Crippen LogP contribution in [0.25, 0.3) is 0 Å². The maximum absolute atomic E-state index is 11.4.